The fourth-order valence-corrected chi connectivity index (χ4v) is 3.03. The largest absolute Gasteiger partial charge is 0.494 e. The topological polar surface area (TPSA) is 26.5 Å². The Hall–Kier alpha value is -2.88. The van der Waals surface area contributed by atoms with Gasteiger partial charge < -0.3 is 9.30 Å². The first-order chi connectivity index (χ1) is 12.5. The maximum absolute atomic E-state index is 13.4. The average Bonchev–Trinajstić information content (AvgIpc) is 2.91. The first-order valence-electron chi connectivity index (χ1n) is 8.72. The minimum absolute atomic E-state index is 0.211. The van der Waals surface area contributed by atoms with Crippen molar-refractivity contribution < 1.29 is 9.13 Å². The van der Waals surface area contributed by atoms with Crippen molar-refractivity contribution in [3.8, 4) is 11.4 Å². The van der Waals surface area contributed by atoms with Crippen LogP contribution in [0.4, 0.5) is 10.1 Å². The van der Waals surface area contributed by atoms with E-state index in [4.69, 9.17) is 4.74 Å². The van der Waals surface area contributed by atoms with Crippen molar-refractivity contribution in [2.75, 3.05) is 6.61 Å². The number of aryl methyl sites for hydroxylation is 2. The molecule has 0 N–H and O–H groups in total. The van der Waals surface area contributed by atoms with E-state index in [1.165, 1.54) is 6.07 Å². The van der Waals surface area contributed by atoms with Crippen molar-refractivity contribution >= 4 is 11.9 Å². The van der Waals surface area contributed by atoms with E-state index in [-0.39, 0.29) is 5.82 Å². The van der Waals surface area contributed by atoms with Crippen LogP contribution >= 0.6 is 0 Å². The van der Waals surface area contributed by atoms with Crippen LogP contribution in [0.25, 0.3) is 5.69 Å². The number of aromatic nitrogens is 1. The highest BCUT2D eigenvalue weighted by molar-refractivity contribution is 5.84. The van der Waals surface area contributed by atoms with Gasteiger partial charge in [-0.2, -0.15) is 0 Å². The van der Waals surface area contributed by atoms with Crippen molar-refractivity contribution in [2.45, 2.75) is 27.7 Å². The molecule has 26 heavy (non-hydrogen) atoms. The van der Waals surface area contributed by atoms with E-state index in [2.05, 4.69) is 41.6 Å². The Morgan fingerprint density at radius 2 is 1.77 bits per heavy atom. The zero-order valence-corrected chi connectivity index (χ0v) is 15.6. The SMILES string of the molecule is CCOc1ccc(-n2c(C)cc(C=Nc3ccc(F)c(C)c3)c2C)cc1. The Morgan fingerprint density at radius 1 is 1.04 bits per heavy atom. The molecule has 0 aliphatic heterocycles. The summed E-state index contributed by atoms with van der Waals surface area (Å²) in [6, 6.07) is 15.0. The standard InChI is InChI=1S/C22H23FN2O/c1-5-26-21-9-7-20(8-10-21)25-16(3)13-18(17(25)4)14-24-19-6-11-22(23)15(2)12-19/h6-14H,5H2,1-4H3. The van der Waals surface area contributed by atoms with Gasteiger partial charge in [0.05, 0.1) is 12.3 Å². The zero-order chi connectivity index (χ0) is 18.7. The number of hydrogen-bond donors (Lipinski definition) is 0. The Kier molecular flexibility index (Phi) is 5.21. The van der Waals surface area contributed by atoms with Crippen molar-refractivity contribution in [2.24, 2.45) is 4.99 Å². The Morgan fingerprint density at radius 3 is 2.42 bits per heavy atom. The molecule has 134 valence electrons. The van der Waals surface area contributed by atoms with E-state index in [1.807, 2.05) is 25.3 Å². The van der Waals surface area contributed by atoms with Crippen molar-refractivity contribution in [1.82, 2.24) is 4.57 Å². The van der Waals surface area contributed by atoms with Crippen molar-refractivity contribution in [3.05, 3.63) is 76.9 Å². The van der Waals surface area contributed by atoms with Crippen LogP contribution in [-0.4, -0.2) is 17.4 Å². The summed E-state index contributed by atoms with van der Waals surface area (Å²) in [7, 11) is 0. The number of halogens is 1. The summed E-state index contributed by atoms with van der Waals surface area (Å²) in [5.74, 6) is 0.657. The van der Waals surface area contributed by atoms with Gasteiger partial charge in [0, 0.05) is 28.9 Å². The minimum Gasteiger partial charge on any atom is -0.494 e. The Balaban J connectivity index is 1.90. The van der Waals surface area contributed by atoms with Gasteiger partial charge in [-0.1, -0.05) is 0 Å². The van der Waals surface area contributed by atoms with E-state index in [1.54, 1.807) is 19.1 Å². The molecule has 0 unspecified atom stereocenters. The van der Waals surface area contributed by atoms with Gasteiger partial charge in [0.2, 0.25) is 0 Å². The normalized spacial score (nSPS) is 11.3. The number of hydrogen-bond acceptors (Lipinski definition) is 2. The van der Waals surface area contributed by atoms with Crippen molar-refractivity contribution in [3.63, 3.8) is 0 Å². The predicted octanol–water partition coefficient (Wildman–Crippen LogP) is 5.69. The van der Waals surface area contributed by atoms with E-state index in [0.29, 0.717) is 12.2 Å². The molecule has 1 aromatic heterocycles. The molecule has 1 heterocycles. The molecule has 0 radical (unpaired) electrons. The summed E-state index contributed by atoms with van der Waals surface area (Å²) < 4.78 is 21.1. The molecule has 0 spiro atoms. The van der Waals surface area contributed by atoms with Crippen LogP contribution in [0.3, 0.4) is 0 Å². The second-order valence-electron chi connectivity index (χ2n) is 6.28. The first kappa shape index (κ1) is 17.9. The van der Waals surface area contributed by atoms with Crippen molar-refractivity contribution in [1.29, 1.82) is 0 Å². The van der Waals surface area contributed by atoms with Gasteiger partial charge in [0.1, 0.15) is 11.6 Å². The van der Waals surface area contributed by atoms with Crippen LogP contribution in [0.2, 0.25) is 0 Å². The van der Waals surface area contributed by atoms with Gasteiger partial charge in [-0.3, -0.25) is 4.99 Å². The molecular formula is C22H23FN2O. The highest BCUT2D eigenvalue weighted by Gasteiger charge is 2.09. The molecule has 0 bridgehead atoms. The highest BCUT2D eigenvalue weighted by Crippen LogP contribution is 2.23. The molecule has 0 saturated carbocycles. The lowest BCUT2D eigenvalue weighted by molar-refractivity contribution is 0.340. The third-order valence-electron chi connectivity index (χ3n) is 4.37. The lowest BCUT2D eigenvalue weighted by Gasteiger charge is -2.11. The van der Waals surface area contributed by atoms with Gasteiger partial charge in [0.15, 0.2) is 0 Å². The van der Waals surface area contributed by atoms with E-state index in [9.17, 15) is 4.39 Å². The molecule has 3 aromatic rings. The second-order valence-corrected chi connectivity index (χ2v) is 6.28. The molecule has 0 saturated heterocycles. The number of aliphatic imine (C=N–C) groups is 1. The number of benzene rings is 2. The molecule has 0 aliphatic rings. The van der Waals surface area contributed by atoms with Crippen LogP contribution in [0.5, 0.6) is 5.75 Å². The number of nitrogens with zero attached hydrogens (tertiary/aromatic N) is 2. The number of rotatable bonds is 5. The smallest absolute Gasteiger partial charge is 0.126 e. The summed E-state index contributed by atoms with van der Waals surface area (Å²) >= 11 is 0. The quantitative estimate of drug-likeness (QED) is 0.543. The fourth-order valence-electron chi connectivity index (χ4n) is 3.03. The summed E-state index contributed by atoms with van der Waals surface area (Å²) in [5, 5.41) is 0. The van der Waals surface area contributed by atoms with Gasteiger partial charge in [-0.05, 0) is 81.8 Å². The van der Waals surface area contributed by atoms with Gasteiger partial charge in [-0.15, -0.1) is 0 Å². The van der Waals surface area contributed by atoms with Crippen LogP contribution in [0, 0.1) is 26.6 Å². The van der Waals surface area contributed by atoms with E-state index >= 15 is 0 Å². The zero-order valence-electron chi connectivity index (χ0n) is 15.6. The third-order valence-corrected chi connectivity index (χ3v) is 4.37. The molecular weight excluding hydrogens is 327 g/mol. The second kappa shape index (κ2) is 7.56. The molecule has 0 amide bonds. The maximum atomic E-state index is 13.4. The molecule has 4 heteroatoms. The Labute approximate surface area is 153 Å². The average molecular weight is 350 g/mol. The summed E-state index contributed by atoms with van der Waals surface area (Å²) in [6.45, 7) is 8.52. The Bertz CT molecular complexity index is 940. The van der Waals surface area contributed by atoms with Gasteiger partial charge in [-0.25, -0.2) is 4.39 Å². The van der Waals surface area contributed by atoms with Crippen LogP contribution < -0.4 is 4.74 Å². The lowest BCUT2D eigenvalue weighted by Crippen LogP contribution is -2.00. The molecule has 2 aromatic carbocycles. The van der Waals surface area contributed by atoms with E-state index in [0.717, 1.165) is 34.1 Å². The summed E-state index contributed by atoms with van der Waals surface area (Å²) in [6.07, 6.45) is 1.83. The third kappa shape index (κ3) is 3.69. The molecule has 0 aliphatic carbocycles. The highest BCUT2D eigenvalue weighted by atomic mass is 19.1. The minimum atomic E-state index is -0.211. The van der Waals surface area contributed by atoms with Crippen LogP contribution in [-0.2, 0) is 0 Å². The molecule has 0 atom stereocenters. The first-order valence-corrected chi connectivity index (χ1v) is 8.72. The summed E-state index contributed by atoms with van der Waals surface area (Å²) in [4.78, 5) is 4.50. The lowest BCUT2D eigenvalue weighted by atomic mass is 10.2. The molecule has 3 nitrogen and oxygen atoms in total. The maximum Gasteiger partial charge on any atom is 0.126 e. The number of ether oxygens (including phenoxy) is 1. The van der Waals surface area contributed by atoms with Gasteiger partial charge >= 0.3 is 0 Å². The van der Waals surface area contributed by atoms with Crippen LogP contribution in [0.15, 0.2) is 53.5 Å². The fraction of sp³-hybridized carbons (Fsp3) is 0.227. The predicted molar refractivity (Wildman–Crippen MR) is 105 cm³/mol. The van der Waals surface area contributed by atoms with Gasteiger partial charge in [0.25, 0.3) is 0 Å². The van der Waals surface area contributed by atoms with E-state index < -0.39 is 0 Å². The molecule has 3 rings (SSSR count). The molecule has 0 fully saturated rings. The van der Waals surface area contributed by atoms with Crippen LogP contribution in [0.1, 0.15) is 29.4 Å². The summed E-state index contributed by atoms with van der Waals surface area (Å²) in [5.41, 5.74) is 5.70. The monoisotopic (exact) mass is 350 g/mol.